The van der Waals surface area contributed by atoms with Crippen molar-refractivity contribution in [1.29, 1.82) is 0 Å². The number of hydrogen-bond donors (Lipinski definition) is 1. The zero-order chi connectivity index (χ0) is 18.7. The van der Waals surface area contributed by atoms with Crippen molar-refractivity contribution in [3.63, 3.8) is 0 Å². The van der Waals surface area contributed by atoms with Gasteiger partial charge in [-0.2, -0.15) is 0 Å². The van der Waals surface area contributed by atoms with Crippen molar-refractivity contribution in [2.45, 2.75) is 11.3 Å². The van der Waals surface area contributed by atoms with E-state index in [9.17, 15) is 13.2 Å². The van der Waals surface area contributed by atoms with Gasteiger partial charge in [0.1, 0.15) is 6.54 Å². The third kappa shape index (κ3) is 3.62. The number of carbonyl (C=O) groups is 1. The highest BCUT2D eigenvalue weighted by molar-refractivity contribution is 9.10. The number of anilines is 1. The number of benzene rings is 2. The highest BCUT2D eigenvalue weighted by Crippen LogP contribution is 2.43. The first kappa shape index (κ1) is 18.9. The molecule has 6 nitrogen and oxygen atoms in total. The molecule has 0 radical (unpaired) electrons. The first-order chi connectivity index (χ1) is 12.4. The lowest BCUT2D eigenvalue weighted by molar-refractivity contribution is -0.119. The maximum Gasteiger partial charge on any atom is 0.265 e. The maximum atomic E-state index is 13.1. The van der Waals surface area contributed by atoms with Gasteiger partial charge in [0.15, 0.2) is 0 Å². The summed E-state index contributed by atoms with van der Waals surface area (Å²) in [5.41, 5.74) is 1.91. The van der Waals surface area contributed by atoms with Gasteiger partial charge in [-0.15, -0.1) is 0 Å². The summed E-state index contributed by atoms with van der Waals surface area (Å²) in [4.78, 5) is 12.5. The minimum atomic E-state index is -3.81. The SMILES string of the molecule is COCCCNC(=O)CN1c2ccc(Br)cc2-c2ccccc2S1(=O)=O. The van der Waals surface area contributed by atoms with Crippen LogP contribution in [-0.4, -0.2) is 41.1 Å². The second-order valence-corrected chi connectivity index (χ2v) is 8.61. The van der Waals surface area contributed by atoms with Crippen molar-refractivity contribution in [2.24, 2.45) is 0 Å². The molecule has 2 aromatic carbocycles. The average molecular weight is 439 g/mol. The van der Waals surface area contributed by atoms with E-state index in [1.54, 1.807) is 43.5 Å². The fourth-order valence-corrected chi connectivity index (χ4v) is 4.91. The fourth-order valence-electron chi connectivity index (χ4n) is 2.90. The van der Waals surface area contributed by atoms with Crippen molar-refractivity contribution >= 4 is 37.5 Å². The molecule has 3 rings (SSSR count). The summed E-state index contributed by atoms with van der Waals surface area (Å²) in [5, 5.41) is 2.73. The first-order valence-corrected chi connectivity index (χ1v) is 10.4. The Morgan fingerprint density at radius 1 is 1.19 bits per heavy atom. The Morgan fingerprint density at radius 3 is 2.73 bits per heavy atom. The van der Waals surface area contributed by atoms with E-state index < -0.39 is 10.0 Å². The molecule has 0 bridgehead atoms. The maximum absolute atomic E-state index is 13.1. The number of nitrogens with one attached hydrogen (secondary N) is 1. The monoisotopic (exact) mass is 438 g/mol. The molecule has 1 N–H and O–H groups in total. The first-order valence-electron chi connectivity index (χ1n) is 8.12. The van der Waals surface area contributed by atoms with Gasteiger partial charge in [0.05, 0.1) is 10.6 Å². The molecular formula is C18H19BrN2O4S. The lowest BCUT2D eigenvalue weighted by Crippen LogP contribution is -2.42. The second-order valence-electron chi connectivity index (χ2n) is 5.87. The Balaban J connectivity index is 1.95. The van der Waals surface area contributed by atoms with Gasteiger partial charge in [0.2, 0.25) is 5.91 Å². The number of amides is 1. The number of fused-ring (bicyclic) bond motifs is 3. The van der Waals surface area contributed by atoms with Crippen LogP contribution >= 0.6 is 15.9 Å². The normalized spacial score (nSPS) is 14.5. The second kappa shape index (κ2) is 7.77. The van der Waals surface area contributed by atoms with Crippen LogP contribution in [0.5, 0.6) is 0 Å². The van der Waals surface area contributed by atoms with E-state index in [1.165, 1.54) is 4.31 Å². The molecule has 138 valence electrons. The van der Waals surface area contributed by atoms with Crippen LogP contribution in [0.4, 0.5) is 5.69 Å². The van der Waals surface area contributed by atoms with Gasteiger partial charge in [-0.1, -0.05) is 34.1 Å². The van der Waals surface area contributed by atoms with Crippen molar-refractivity contribution in [1.82, 2.24) is 5.32 Å². The molecule has 0 saturated carbocycles. The number of nitrogens with zero attached hydrogens (tertiary/aromatic N) is 1. The summed E-state index contributed by atoms with van der Waals surface area (Å²) in [5.74, 6) is -0.349. The molecular weight excluding hydrogens is 420 g/mol. The molecule has 1 aliphatic heterocycles. The topological polar surface area (TPSA) is 75.7 Å². The molecule has 1 aliphatic rings. The fraction of sp³-hybridized carbons (Fsp3) is 0.278. The Morgan fingerprint density at radius 2 is 1.96 bits per heavy atom. The van der Waals surface area contributed by atoms with Crippen LogP contribution in [-0.2, 0) is 19.6 Å². The number of halogens is 1. The molecule has 1 heterocycles. The largest absolute Gasteiger partial charge is 0.385 e. The number of rotatable bonds is 6. The van der Waals surface area contributed by atoms with Crippen LogP contribution in [0, 0.1) is 0 Å². The summed E-state index contributed by atoms with van der Waals surface area (Å²) < 4.78 is 33.1. The lowest BCUT2D eigenvalue weighted by atomic mass is 10.0. The molecule has 26 heavy (non-hydrogen) atoms. The smallest absolute Gasteiger partial charge is 0.265 e. The van der Waals surface area contributed by atoms with E-state index in [-0.39, 0.29) is 17.3 Å². The van der Waals surface area contributed by atoms with Gasteiger partial charge >= 0.3 is 0 Å². The lowest BCUT2D eigenvalue weighted by Gasteiger charge is -2.31. The van der Waals surface area contributed by atoms with Crippen LogP contribution in [0.15, 0.2) is 51.8 Å². The summed E-state index contributed by atoms with van der Waals surface area (Å²) in [6.45, 7) is 0.704. The average Bonchev–Trinajstić information content (AvgIpc) is 2.63. The van der Waals surface area contributed by atoms with Crippen molar-refractivity contribution < 1.29 is 17.9 Å². The van der Waals surface area contributed by atoms with E-state index in [0.717, 1.165) is 10.0 Å². The molecule has 0 aromatic heterocycles. The van der Waals surface area contributed by atoms with Crippen LogP contribution in [0.2, 0.25) is 0 Å². The Labute approximate surface area is 161 Å². The van der Waals surface area contributed by atoms with Crippen LogP contribution in [0.1, 0.15) is 6.42 Å². The number of sulfonamides is 1. The van der Waals surface area contributed by atoms with Crippen LogP contribution in [0.25, 0.3) is 11.1 Å². The Bertz CT molecular complexity index is 931. The standard InChI is InChI=1S/C18H19BrN2O4S/c1-25-10-4-9-20-18(22)12-21-16-8-7-13(19)11-15(16)14-5-2-3-6-17(14)26(21,23)24/h2-3,5-8,11H,4,9-10,12H2,1H3,(H,20,22). The zero-order valence-electron chi connectivity index (χ0n) is 14.2. The molecule has 0 aliphatic carbocycles. The highest BCUT2D eigenvalue weighted by Gasteiger charge is 2.35. The molecule has 0 spiro atoms. The minimum Gasteiger partial charge on any atom is -0.385 e. The Hall–Kier alpha value is -1.90. The van der Waals surface area contributed by atoms with Crippen LogP contribution in [0.3, 0.4) is 0 Å². The molecule has 8 heteroatoms. The highest BCUT2D eigenvalue weighted by atomic mass is 79.9. The van der Waals surface area contributed by atoms with Crippen molar-refractivity contribution in [2.75, 3.05) is 31.1 Å². The molecule has 0 unspecified atom stereocenters. The summed E-state index contributed by atoms with van der Waals surface area (Å²) in [7, 11) is -2.22. The van der Waals surface area contributed by atoms with Crippen molar-refractivity contribution in [3.8, 4) is 11.1 Å². The number of ether oxygens (including phenoxy) is 1. The number of hydrogen-bond acceptors (Lipinski definition) is 4. The summed E-state index contributed by atoms with van der Waals surface area (Å²) >= 11 is 3.43. The predicted molar refractivity (Wildman–Crippen MR) is 104 cm³/mol. The van der Waals surface area contributed by atoms with Gasteiger partial charge in [0, 0.05) is 35.9 Å². The van der Waals surface area contributed by atoms with E-state index >= 15 is 0 Å². The molecule has 2 aromatic rings. The van der Waals surface area contributed by atoms with E-state index in [2.05, 4.69) is 21.2 Å². The summed E-state index contributed by atoms with van der Waals surface area (Å²) in [6, 6.07) is 12.2. The van der Waals surface area contributed by atoms with E-state index in [4.69, 9.17) is 4.74 Å². The van der Waals surface area contributed by atoms with Gasteiger partial charge in [0.25, 0.3) is 10.0 Å². The predicted octanol–water partition coefficient (Wildman–Crippen LogP) is 2.78. The van der Waals surface area contributed by atoms with Gasteiger partial charge in [-0.25, -0.2) is 8.42 Å². The number of carbonyl (C=O) groups excluding carboxylic acids is 1. The van der Waals surface area contributed by atoms with Gasteiger partial charge in [-0.05, 0) is 30.7 Å². The van der Waals surface area contributed by atoms with Gasteiger partial charge in [-0.3, -0.25) is 9.10 Å². The number of methoxy groups -OCH3 is 1. The zero-order valence-corrected chi connectivity index (χ0v) is 16.6. The summed E-state index contributed by atoms with van der Waals surface area (Å²) in [6.07, 6.45) is 0.668. The van der Waals surface area contributed by atoms with Crippen molar-refractivity contribution in [3.05, 3.63) is 46.9 Å². The minimum absolute atomic E-state index is 0.206. The molecule has 1 amide bonds. The molecule has 0 atom stereocenters. The van der Waals surface area contributed by atoms with E-state index in [0.29, 0.717) is 30.8 Å². The molecule has 0 fully saturated rings. The molecule has 0 saturated heterocycles. The van der Waals surface area contributed by atoms with Crippen LogP contribution < -0.4 is 9.62 Å². The quantitative estimate of drug-likeness (QED) is 0.703. The van der Waals surface area contributed by atoms with Gasteiger partial charge < -0.3 is 10.1 Å². The third-order valence-corrected chi connectivity index (χ3v) is 6.42. The third-order valence-electron chi connectivity index (χ3n) is 4.11. The van der Waals surface area contributed by atoms with E-state index in [1.807, 2.05) is 6.07 Å². The Kier molecular flexibility index (Phi) is 5.64.